The van der Waals surface area contributed by atoms with Crippen molar-refractivity contribution in [1.82, 2.24) is 4.84 Å². The average Bonchev–Trinajstić information content (AvgIpc) is 1.81. The third-order valence-electron chi connectivity index (χ3n) is 1.14. The van der Waals surface area contributed by atoms with Gasteiger partial charge in [-0.05, 0) is 24.1 Å². The largest absolute Gasteiger partial charge is 0.480 e. The summed E-state index contributed by atoms with van der Waals surface area (Å²) in [5.41, 5.74) is 0. The fraction of sp³-hybridized carbons (Fsp3) is 0.833. The van der Waals surface area contributed by atoms with E-state index in [0.29, 0.717) is 12.3 Å². The molecule has 0 saturated carbocycles. The van der Waals surface area contributed by atoms with Crippen LogP contribution in [-0.4, -0.2) is 17.1 Å². The van der Waals surface area contributed by atoms with Crippen LogP contribution in [0.5, 0.6) is 0 Å². The van der Waals surface area contributed by atoms with E-state index in [0.717, 1.165) is 0 Å². The lowest BCUT2D eigenvalue weighted by atomic mass is 10.1. The van der Waals surface area contributed by atoms with E-state index in [1.165, 1.54) is 0 Å². The summed E-state index contributed by atoms with van der Waals surface area (Å²) in [6.07, 6.45) is 0.554. The van der Waals surface area contributed by atoms with E-state index in [1.807, 2.05) is 13.8 Å². The number of carboxylic acid groups (broad SMARTS) is 1. The first-order chi connectivity index (χ1) is 4.57. The quantitative estimate of drug-likeness (QED) is 0.616. The van der Waals surface area contributed by atoms with Crippen LogP contribution in [0.2, 0.25) is 0 Å². The van der Waals surface area contributed by atoms with Gasteiger partial charge in [0, 0.05) is 0 Å². The van der Waals surface area contributed by atoms with E-state index in [2.05, 4.69) is 4.84 Å². The molecule has 3 nitrogen and oxygen atoms in total. The molecule has 2 N–H and O–H groups in total. The van der Waals surface area contributed by atoms with Gasteiger partial charge in [0.2, 0.25) is 0 Å². The Kier molecular flexibility index (Phi) is 4.40. The molecule has 0 rings (SSSR count). The van der Waals surface area contributed by atoms with E-state index < -0.39 is 12.0 Å². The second kappa shape index (κ2) is 4.52. The topological polar surface area (TPSA) is 49.3 Å². The van der Waals surface area contributed by atoms with Crippen LogP contribution in [0.1, 0.15) is 20.3 Å². The molecule has 10 heavy (non-hydrogen) atoms. The van der Waals surface area contributed by atoms with Crippen molar-refractivity contribution in [3.8, 4) is 0 Å². The molecule has 0 saturated heterocycles. The Hall–Kier alpha value is -0.280. The van der Waals surface area contributed by atoms with Gasteiger partial charge in [0.1, 0.15) is 6.04 Å². The molecule has 0 fully saturated rings. The first-order valence-corrected chi connectivity index (χ1v) is 3.54. The molecule has 0 aromatic carbocycles. The fourth-order valence-electron chi connectivity index (χ4n) is 0.663. The maximum absolute atomic E-state index is 10.3. The molecule has 60 valence electrons. The van der Waals surface area contributed by atoms with Gasteiger partial charge < -0.3 is 5.11 Å². The summed E-state index contributed by atoms with van der Waals surface area (Å²) in [6, 6.07) is -0.623. The Balaban J connectivity index is 3.72. The van der Waals surface area contributed by atoms with E-state index in [9.17, 15) is 4.79 Å². The Labute approximate surface area is 65.5 Å². The van der Waals surface area contributed by atoms with Gasteiger partial charge >= 0.3 is 5.97 Å². The monoisotopic (exact) mass is 165 g/mol. The summed E-state index contributed by atoms with van der Waals surface area (Å²) in [6.45, 7) is 3.90. The van der Waals surface area contributed by atoms with E-state index >= 15 is 0 Å². The number of halogens is 1. The third-order valence-corrected chi connectivity index (χ3v) is 1.40. The number of hydrogen-bond donors (Lipinski definition) is 2. The SMILES string of the molecule is CC(C)C[C@@H](NCl)C(=O)O. The zero-order valence-corrected chi connectivity index (χ0v) is 6.85. The second-order valence-corrected chi connectivity index (χ2v) is 2.85. The lowest BCUT2D eigenvalue weighted by Crippen LogP contribution is -2.31. The number of carboxylic acids is 1. The first kappa shape index (κ1) is 9.72. The zero-order chi connectivity index (χ0) is 8.15. The molecule has 0 unspecified atom stereocenters. The molecule has 0 amide bonds. The summed E-state index contributed by atoms with van der Waals surface area (Å²) in [7, 11) is 0. The summed E-state index contributed by atoms with van der Waals surface area (Å²) >= 11 is 5.18. The average molecular weight is 166 g/mol. The Morgan fingerprint density at radius 2 is 2.20 bits per heavy atom. The molecule has 0 spiro atoms. The lowest BCUT2D eigenvalue weighted by Gasteiger charge is -2.10. The van der Waals surface area contributed by atoms with Crippen molar-refractivity contribution < 1.29 is 9.90 Å². The van der Waals surface area contributed by atoms with Gasteiger partial charge in [0.15, 0.2) is 0 Å². The van der Waals surface area contributed by atoms with Crippen molar-refractivity contribution in [2.24, 2.45) is 5.92 Å². The highest BCUT2D eigenvalue weighted by molar-refractivity contribution is 6.14. The fourth-order valence-corrected chi connectivity index (χ4v) is 0.846. The van der Waals surface area contributed by atoms with Crippen LogP contribution in [-0.2, 0) is 4.79 Å². The minimum Gasteiger partial charge on any atom is -0.480 e. The van der Waals surface area contributed by atoms with E-state index in [4.69, 9.17) is 16.9 Å². The molecular formula is C6H12ClNO2. The summed E-state index contributed by atoms with van der Waals surface area (Å²) < 4.78 is 0. The Morgan fingerprint density at radius 1 is 1.70 bits per heavy atom. The summed E-state index contributed by atoms with van der Waals surface area (Å²) in [4.78, 5) is 12.5. The second-order valence-electron chi connectivity index (χ2n) is 2.63. The van der Waals surface area contributed by atoms with Crippen molar-refractivity contribution in [3.63, 3.8) is 0 Å². The smallest absolute Gasteiger partial charge is 0.321 e. The predicted molar refractivity (Wildman–Crippen MR) is 39.9 cm³/mol. The van der Waals surface area contributed by atoms with Gasteiger partial charge in [-0.25, -0.2) is 4.84 Å². The van der Waals surface area contributed by atoms with Crippen molar-refractivity contribution in [1.29, 1.82) is 0 Å². The molecular weight excluding hydrogens is 154 g/mol. The van der Waals surface area contributed by atoms with E-state index in [-0.39, 0.29) is 0 Å². The molecule has 4 heteroatoms. The van der Waals surface area contributed by atoms with Crippen LogP contribution in [0, 0.1) is 5.92 Å². The zero-order valence-electron chi connectivity index (χ0n) is 6.10. The number of carbonyl (C=O) groups is 1. The molecule has 0 aliphatic heterocycles. The lowest BCUT2D eigenvalue weighted by molar-refractivity contribution is -0.139. The van der Waals surface area contributed by atoms with Crippen molar-refractivity contribution in [3.05, 3.63) is 0 Å². The number of aliphatic carboxylic acids is 1. The standard InChI is InChI=1S/C6H12ClNO2/c1-4(2)3-5(8-7)6(9)10/h4-5,8H,3H2,1-2H3,(H,9,10)/t5-/m1/s1. The molecule has 0 aromatic heterocycles. The van der Waals surface area contributed by atoms with Crippen molar-refractivity contribution in [2.45, 2.75) is 26.3 Å². The van der Waals surface area contributed by atoms with Crippen molar-refractivity contribution in [2.75, 3.05) is 0 Å². The highest BCUT2D eigenvalue weighted by atomic mass is 35.5. The van der Waals surface area contributed by atoms with Gasteiger partial charge in [0.25, 0.3) is 0 Å². The predicted octanol–water partition coefficient (Wildman–Crippen LogP) is 1.23. The Morgan fingerprint density at radius 3 is 2.30 bits per heavy atom. The summed E-state index contributed by atoms with van der Waals surface area (Å²) in [5.74, 6) is -0.559. The van der Waals surface area contributed by atoms with Crippen LogP contribution in [0.3, 0.4) is 0 Å². The van der Waals surface area contributed by atoms with Crippen LogP contribution in [0.25, 0.3) is 0 Å². The minimum atomic E-state index is -0.899. The highest BCUT2D eigenvalue weighted by Gasteiger charge is 2.16. The molecule has 0 aromatic rings. The van der Waals surface area contributed by atoms with Crippen LogP contribution in [0.15, 0.2) is 0 Å². The van der Waals surface area contributed by atoms with Crippen molar-refractivity contribution >= 4 is 17.7 Å². The first-order valence-electron chi connectivity index (χ1n) is 3.17. The maximum Gasteiger partial charge on any atom is 0.321 e. The highest BCUT2D eigenvalue weighted by Crippen LogP contribution is 2.04. The molecule has 0 heterocycles. The third kappa shape index (κ3) is 3.69. The maximum atomic E-state index is 10.3. The summed E-state index contributed by atoms with van der Waals surface area (Å²) in [5, 5.41) is 8.48. The normalized spacial score (nSPS) is 13.6. The van der Waals surface area contributed by atoms with Gasteiger partial charge in [-0.2, -0.15) is 0 Å². The number of hydrogen-bond acceptors (Lipinski definition) is 2. The van der Waals surface area contributed by atoms with Gasteiger partial charge in [-0.1, -0.05) is 13.8 Å². The molecule has 0 aliphatic rings. The van der Waals surface area contributed by atoms with Gasteiger partial charge in [0.05, 0.1) is 0 Å². The molecule has 0 radical (unpaired) electrons. The van der Waals surface area contributed by atoms with Crippen LogP contribution < -0.4 is 4.84 Å². The Bertz CT molecular complexity index is 116. The molecule has 0 aliphatic carbocycles. The number of rotatable bonds is 4. The van der Waals surface area contributed by atoms with Crippen LogP contribution >= 0.6 is 11.8 Å². The minimum absolute atomic E-state index is 0.340. The van der Waals surface area contributed by atoms with Gasteiger partial charge in [-0.15, -0.1) is 0 Å². The van der Waals surface area contributed by atoms with Crippen LogP contribution in [0.4, 0.5) is 0 Å². The number of nitrogens with one attached hydrogen (secondary N) is 1. The van der Waals surface area contributed by atoms with E-state index in [1.54, 1.807) is 0 Å². The molecule has 0 bridgehead atoms. The van der Waals surface area contributed by atoms with Gasteiger partial charge in [-0.3, -0.25) is 4.79 Å². The molecule has 1 atom stereocenters.